The minimum atomic E-state index is -0.219. The summed E-state index contributed by atoms with van der Waals surface area (Å²) >= 11 is 0. The summed E-state index contributed by atoms with van der Waals surface area (Å²) < 4.78 is 10.5. The second kappa shape index (κ2) is 5.40. The number of ether oxygens (including phenoxy) is 1. The number of benzene rings is 1. The fourth-order valence-electron chi connectivity index (χ4n) is 1.51. The van der Waals surface area contributed by atoms with Crippen molar-refractivity contribution in [2.75, 3.05) is 5.32 Å². The number of carbonyl (C=O) groups excluding carboxylic acids is 1. The molecule has 0 aliphatic heterocycles. The molecule has 4 heteroatoms. The number of rotatable bonds is 4. The summed E-state index contributed by atoms with van der Waals surface area (Å²) in [6.45, 7) is 3.88. The summed E-state index contributed by atoms with van der Waals surface area (Å²) in [5.74, 6) is 0.438. The van der Waals surface area contributed by atoms with E-state index in [2.05, 4.69) is 5.32 Å². The van der Waals surface area contributed by atoms with Crippen LogP contribution >= 0.6 is 0 Å². The van der Waals surface area contributed by atoms with Gasteiger partial charge in [0, 0.05) is 0 Å². The zero-order valence-electron chi connectivity index (χ0n) is 10.3. The molecule has 0 radical (unpaired) electrons. The van der Waals surface area contributed by atoms with Crippen molar-refractivity contribution < 1.29 is 13.9 Å². The summed E-state index contributed by atoms with van der Waals surface area (Å²) in [5, 5.41) is 2.79. The summed E-state index contributed by atoms with van der Waals surface area (Å²) in [6.07, 6.45) is 2.92. The third-order valence-electron chi connectivity index (χ3n) is 2.28. The molecule has 4 nitrogen and oxygen atoms in total. The second-order valence-corrected chi connectivity index (χ2v) is 4.13. The van der Waals surface area contributed by atoms with Crippen molar-refractivity contribution in [2.45, 2.75) is 20.0 Å². The van der Waals surface area contributed by atoms with Crippen LogP contribution in [0.3, 0.4) is 0 Å². The van der Waals surface area contributed by atoms with Crippen LogP contribution in [0, 0.1) is 0 Å². The first kappa shape index (κ1) is 12.2. The molecule has 0 saturated carbocycles. The molecule has 0 aliphatic carbocycles. The Morgan fingerprint density at radius 1 is 1.28 bits per heavy atom. The Hall–Kier alpha value is -2.23. The van der Waals surface area contributed by atoms with Gasteiger partial charge in [0.05, 0.1) is 23.6 Å². The monoisotopic (exact) mass is 245 g/mol. The van der Waals surface area contributed by atoms with Gasteiger partial charge < -0.3 is 14.5 Å². The summed E-state index contributed by atoms with van der Waals surface area (Å²) in [7, 11) is 0. The van der Waals surface area contributed by atoms with Crippen molar-refractivity contribution in [3.63, 3.8) is 0 Å². The van der Waals surface area contributed by atoms with Crippen LogP contribution in [-0.4, -0.2) is 12.0 Å². The smallest absolute Gasteiger partial charge is 0.259 e. The van der Waals surface area contributed by atoms with E-state index in [0.29, 0.717) is 17.0 Å². The molecule has 2 aromatic rings. The second-order valence-electron chi connectivity index (χ2n) is 4.13. The Labute approximate surface area is 106 Å². The maximum atomic E-state index is 11.9. The zero-order chi connectivity index (χ0) is 13.0. The van der Waals surface area contributed by atoms with E-state index in [0.717, 1.165) is 0 Å². The number of nitrogens with one attached hydrogen (secondary N) is 1. The number of para-hydroxylation sites is 2. The van der Waals surface area contributed by atoms with E-state index in [1.165, 1.54) is 12.5 Å². The summed E-state index contributed by atoms with van der Waals surface area (Å²) in [4.78, 5) is 11.9. The Kier molecular flexibility index (Phi) is 3.67. The average molecular weight is 245 g/mol. The van der Waals surface area contributed by atoms with Gasteiger partial charge >= 0.3 is 0 Å². The highest BCUT2D eigenvalue weighted by atomic mass is 16.5. The fourth-order valence-corrected chi connectivity index (χ4v) is 1.51. The highest BCUT2D eigenvalue weighted by Crippen LogP contribution is 2.25. The van der Waals surface area contributed by atoms with Crippen molar-refractivity contribution >= 4 is 11.6 Å². The maximum Gasteiger partial charge on any atom is 0.259 e. The van der Waals surface area contributed by atoms with Crippen LogP contribution in [0.1, 0.15) is 24.2 Å². The first-order valence-electron chi connectivity index (χ1n) is 5.76. The molecule has 94 valence electrons. The Bertz CT molecular complexity index is 518. The molecule has 0 bridgehead atoms. The first-order valence-corrected chi connectivity index (χ1v) is 5.76. The van der Waals surface area contributed by atoms with Crippen LogP contribution in [0.25, 0.3) is 0 Å². The van der Waals surface area contributed by atoms with Gasteiger partial charge in [-0.2, -0.15) is 0 Å². The molecular formula is C14H15NO3. The Morgan fingerprint density at radius 3 is 2.72 bits per heavy atom. The lowest BCUT2D eigenvalue weighted by molar-refractivity contribution is 0.102. The van der Waals surface area contributed by atoms with Gasteiger partial charge in [-0.05, 0) is 32.0 Å². The van der Waals surface area contributed by atoms with E-state index in [1.54, 1.807) is 12.1 Å². The number of furan rings is 1. The van der Waals surface area contributed by atoms with Crippen LogP contribution < -0.4 is 10.1 Å². The highest BCUT2D eigenvalue weighted by Gasteiger charge is 2.11. The molecule has 1 aromatic carbocycles. The van der Waals surface area contributed by atoms with Crippen molar-refractivity contribution in [3.8, 4) is 5.75 Å². The minimum absolute atomic E-state index is 0.0528. The third kappa shape index (κ3) is 2.91. The van der Waals surface area contributed by atoms with Gasteiger partial charge in [0.2, 0.25) is 0 Å². The molecular weight excluding hydrogens is 230 g/mol. The summed E-state index contributed by atoms with van der Waals surface area (Å²) in [5.41, 5.74) is 1.13. The normalized spacial score (nSPS) is 10.4. The molecule has 0 saturated heterocycles. The van der Waals surface area contributed by atoms with Gasteiger partial charge in [-0.1, -0.05) is 12.1 Å². The van der Waals surface area contributed by atoms with Crippen LogP contribution in [0.5, 0.6) is 5.75 Å². The van der Waals surface area contributed by atoms with E-state index < -0.39 is 0 Å². The van der Waals surface area contributed by atoms with Gasteiger partial charge in [0.15, 0.2) is 0 Å². The van der Waals surface area contributed by atoms with E-state index in [1.807, 2.05) is 32.0 Å². The molecule has 18 heavy (non-hydrogen) atoms. The lowest BCUT2D eigenvalue weighted by Crippen LogP contribution is -2.13. The van der Waals surface area contributed by atoms with Crippen LogP contribution in [0.4, 0.5) is 5.69 Å². The molecule has 1 heterocycles. The Morgan fingerprint density at radius 2 is 2.06 bits per heavy atom. The van der Waals surface area contributed by atoms with Crippen molar-refractivity contribution in [1.82, 2.24) is 0 Å². The number of hydrogen-bond acceptors (Lipinski definition) is 3. The highest BCUT2D eigenvalue weighted by molar-refractivity contribution is 6.04. The van der Waals surface area contributed by atoms with Gasteiger partial charge in [-0.15, -0.1) is 0 Å². The first-order chi connectivity index (χ1) is 8.66. The van der Waals surface area contributed by atoms with E-state index in [-0.39, 0.29) is 12.0 Å². The van der Waals surface area contributed by atoms with Crippen LogP contribution in [0.2, 0.25) is 0 Å². The molecule has 1 aromatic heterocycles. The number of amides is 1. The molecule has 2 rings (SSSR count). The average Bonchev–Trinajstić information content (AvgIpc) is 2.84. The number of hydrogen-bond donors (Lipinski definition) is 1. The standard InChI is InChI=1S/C14H15NO3/c1-10(2)18-13-6-4-3-5-12(13)15-14(16)11-7-8-17-9-11/h3-10H,1-2H3,(H,15,16). The van der Waals surface area contributed by atoms with Gasteiger partial charge in [-0.25, -0.2) is 0 Å². The third-order valence-corrected chi connectivity index (χ3v) is 2.28. The molecule has 1 N–H and O–H groups in total. The molecule has 0 aliphatic rings. The van der Waals surface area contributed by atoms with Gasteiger partial charge in [-0.3, -0.25) is 4.79 Å². The number of anilines is 1. The predicted octanol–water partition coefficient (Wildman–Crippen LogP) is 3.32. The van der Waals surface area contributed by atoms with Crippen molar-refractivity contribution in [2.24, 2.45) is 0 Å². The SMILES string of the molecule is CC(C)Oc1ccccc1NC(=O)c1ccoc1. The van der Waals surface area contributed by atoms with Crippen LogP contribution in [0.15, 0.2) is 47.3 Å². The fraction of sp³-hybridized carbons (Fsp3) is 0.214. The minimum Gasteiger partial charge on any atom is -0.489 e. The lowest BCUT2D eigenvalue weighted by atomic mass is 10.2. The molecule has 0 atom stereocenters. The topological polar surface area (TPSA) is 51.5 Å². The molecule has 0 unspecified atom stereocenters. The largest absolute Gasteiger partial charge is 0.489 e. The van der Waals surface area contributed by atoms with Crippen molar-refractivity contribution in [1.29, 1.82) is 0 Å². The maximum absolute atomic E-state index is 11.9. The van der Waals surface area contributed by atoms with E-state index in [4.69, 9.17) is 9.15 Å². The summed E-state index contributed by atoms with van der Waals surface area (Å²) in [6, 6.07) is 8.95. The predicted molar refractivity (Wildman–Crippen MR) is 68.9 cm³/mol. The van der Waals surface area contributed by atoms with Gasteiger partial charge in [0.25, 0.3) is 5.91 Å². The lowest BCUT2D eigenvalue weighted by Gasteiger charge is -2.14. The van der Waals surface area contributed by atoms with Gasteiger partial charge in [0.1, 0.15) is 12.0 Å². The van der Waals surface area contributed by atoms with E-state index >= 15 is 0 Å². The van der Waals surface area contributed by atoms with E-state index in [9.17, 15) is 4.79 Å². The number of carbonyl (C=O) groups is 1. The van der Waals surface area contributed by atoms with Crippen molar-refractivity contribution in [3.05, 3.63) is 48.4 Å². The van der Waals surface area contributed by atoms with Crippen LogP contribution in [-0.2, 0) is 0 Å². The molecule has 0 spiro atoms. The quantitative estimate of drug-likeness (QED) is 0.898. The molecule has 1 amide bonds. The zero-order valence-corrected chi connectivity index (χ0v) is 10.3. The Balaban J connectivity index is 2.16. The molecule has 0 fully saturated rings.